The summed E-state index contributed by atoms with van der Waals surface area (Å²) in [6, 6.07) is 0. The molecule has 0 rings (SSSR count). The van der Waals surface area contributed by atoms with Crippen LogP contribution in [0.3, 0.4) is 0 Å². The fourth-order valence-corrected chi connectivity index (χ4v) is 0.802. The molecule has 100 valence electrons. The van der Waals surface area contributed by atoms with Crippen LogP contribution in [0.2, 0.25) is 0 Å². The van der Waals surface area contributed by atoms with Gasteiger partial charge in [-0.2, -0.15) is 26.3 Å². The van der Waals surface area contributed by atoms with Gasteiger partial charge in [-0.25, -0.2) is 0 Å². The van der Waals surface area contributed by atoms with E-state index in [0.717, 1.165) is 6.92 Å². The highest BCUT2D eigenvalue weighted by molar-refractivity contribution is 6.00. The van der Waals surface area contributed by atoms with Gasteiger partial charge in [-0.1, -0.05) is 6.92 Å². The van der Waals surface area contributed by atoms with Gasteiger partial charge in [0.1, 0.15) is 5.41 Å². The van der Waals surface area contributed by atoms with Gasteiger partial charge in [-0.3, -0.25) is 14.9 Å². The van der Waals surface area contributed by atoms with Crippen LogP contribution in [0, 0.1) is 5.41 Å². The van der Waals surface area contributed by atoms with Crippen molar-refractivity contribution >= 4 is 11.8 Å². The zero-order valence-electron chi connectivity index (χ0n) is 8.79. The van der Waals surface area contributed by atoms with E-state index in [2.05, 4.69) is 0 Å². The lowest BCUT2D eigenvalue weighted by atomic mass is 9.85. The topological polar surface area (TPSA) is 46.2 Å². The lowest BCUT2D eigenvalue weighted by Gasteiger charge is -2.29. The van der Waals surface area contributed by atoms with Gasteiger partial charge in [0.05, 0.1) is 0 Å². The van der Waals surface area contributed by atoms with Gasteiger partial charge in [0, 0.05) is 0 Å². The predicted octanol–water partition coefficient (Wildman–Crippen LogP) is 2.17. The van der Waals surface area contributed by atoms with E-state index in [4.69, 9.17) is 0 Å². The van der Waals surface area contributed by atoms with Crippen LogP contribution in [-0.2, 0) is 9.59 Å². The molecule has 0 aliphatic rings. The van der Waals surface area contributed by atoms with Crippen LogP contribution < -0.4 is 5.32 Å². The van der Waals surface area contributed by atoms with Gasteiger partial charge in [-0.05, 0) is 13.3 Å². The Hall–Kier alpha value is -1.28. The van der Waals surface area contributed by atoms with Crippen molar-refractivity contribution in [1.82, 2.24) is 5.32 Å². The lowest BCUT2D eigenvalue weighted by molar-refractivity contribution is -0.219. The van der Waals surface area contributed by atoms with Gasteiger partial charge in [0.25, 0.3) is 0 Å². The van der Waals surface area contributed by atoms with Crippen molar-refractivity contribution in [2.45, 2.75) is 32.6 Å². The molecule has 1 unspecified atom stereocenters. The SMILES string of the molecule is CCC(C)(C(=O)NC(=O)C(F)(F)F)C(F)(F)F. The van der Waals surface area contributed by atoms with E-state index in [1.165, 1.54) is 0 Å². The first-order chi connectivity index (χ1) is 7.36. The van der Waals surface area contributed by atoms with Crippen LogP contribution in [0.15, 0.2) is 0 Å². The minimum absolute atomic E-state index is 0.423. The normalized spacial score (nSPS) is 16.2. The molecule has 9 heteroatoms. The molecule has 0 aromatic carbocycles. The quantitative estimate of drug-likeness (QED) is 0.778. The van der Waals surface area contributed by atoms with Crippen LogP contribution in [0.5, 0.6) is 0 Å². The molecule has 2 amide bonds. The van der Waals surface area contributed by atoms with Crippen molar-refractivity contribution in [3.63, 3.8) is 0 Å². The third-order valence-corrected chi connectivity index (χ3v) is 2.32. The maximum atomic E-state index is 12.4. The first kappa shape index (κ1) is 15.7. The van der Waals surface area contributed by atoms with Crippen molar-refractivity contribution in [2.24, 2.45) is 5.41 Å². The van der Waals surface area contributed by atoms with Gasteiger partial charge in [-0.15, -0.1) is 0 Å². The molecule has 0 aromatic rings. The molecular weight excluding hydrogens is 256 g/mol. The first-order valence-corrected chi connectivity index (χ1v) is 4.35. The van der Waals surface area contributed by atoms with Gasteiger partial charge in [0.2, 0.25) is 5.91 Å². The second-order valence-corrected chi connectivity index (χ2v) is 3.46. The molecule has 0 saturated heterocycles. The molecule has 0 radical (unpaired) electrons. The highest BCUT2D eigenvalue weighted by atomic mass is 19.4. The predicted molar refractivity (Wildman–Crippen MR) is 43.7 cm³/mol. The minimum Gasteiger partial charge on any atom is -0.288 e. The highest BCUT2D eigenvalue weighted by Gasteiger charge is 2.56. The van der Waals surface area contributed by atoms with Gasteiger partial charge in [0.15, 0.2) is 0 Å². The van der Waals surface area contributed by atoms with Crippen LogP contribution in [-0.4, -0.2) is 24.2 Å². The number of rotatable bonds is 2. The Morgan fingerprint density at radius 3 is 1.65 bits per heavy atom. The maximum absolute atomic E-state index is 12.4. The van der Waals surface area contributed by atoms with Crippen LogP contribution in [0.25, 0.3) is 0 Å². The Bertz CT molecular complexity index is 321. The zero-order chi connectivity index (χ0) is 14.1. The monoisotopic (exact) mass is 265 g/mol. The number of nitrogens with one attached hydrogen (secondary N) is 1. The summed E-state index contributed by atoms with van der Waals surface area (Å²) < 4.78 is 72.6. The summed E-state index contributed by atoms with van der Waals surface area (Å²) in [6.07, 6.45) is -11.2. The summed E-state index contributed by atoms with van der Waals surface area (Å²) in [5.74, 6) is -4.73. The molecule has 0 heterocycles. The number of imide groups is 1. The number of carbonyl (C=O) groups is 2. The number of hydrogen-bond acceptors (Lipinski definition) is 2. The molecule has 0 bridgehead atoms. The number of carbonyl (C=O) groups excluding carboxylic acids is 2. The largest absolute Gasteiger partial charge is 0.471 e. The summed E-state index contributed by atoms with van der Waals surface area (Å²) in [4.78, 5) is 21.4. The molecule has 0 saturated carbocycles. The standard InChI is InChI=1S/C8H9F6NO2/c1-3-6(2,8(12,13)14)4(16)15-5(17)7(9,10)11/h3H2,1-2H3,(H,15,16,17). The summed E-state index contributed by atoms with van der Waals surface area (Å²) >= 11 is 0. The van der Waals surface area contributed by atoms with Gasteiger partial charge >= 0.3 is 18.3 Å². The second kappa shape index (κ2) is 4.53. The number of amides is 2. The maximum Gasteiger partial charge on any atom is 0.471 e. The second-order valence-electron chi connectivity index (χ2n) is 3.46. The van der Waals surface area contributed by atoms with Crippen molar-refractivity contribution in [2.75, 3.05) is 0 Å². The van der Waals surface area contributed by atoms with E-state index in [9.17, 15) is 35.9 Å². The Balaban J connectivity index is 5.00. The van der Waals surface area contributed by atoms with Crippen molar-refractivity contribution in [1.29, 1.82) is 0 Å². The van der Waals surface area contributed by atoms with Gasteiger partial charge < -0.3 is 0 Å². The first-order valence-electron chi connectivity index (χ1n) is 4.35. The van der Waals surface area contributed by atoms with Crippen molar-refractivity contribution in [3.8, 4) is 0 Å². The van der Waals surface area contributed by atoms with E-state index < -0.39 is 36.0 Å². The van der Waals surface area contributed by atoms with Crippen LogP contribution >= 0.6 is 0 Å². The Morgan fingerprint density at radius 2 is 1.41 bits per heavy atom. The Morgan fingerprint density at radius 1 is 1.00 bits per heavy atom. The number of halogens is 6. The fourth-order valence-electron chi connectivity index (χ4n) is 0.802. The van der Waals surface area contributed by atoms with Crippen LogP contribution in [0.4, 0.5) is 26.3 Å². The Kier molecular flexibility index (Phi) is 4.19. The van der Waals surface area contributed by atoms with E-state index >= 15 is 0 Å². The number of alkyl halides is 6. The van der Waals surface area contributed by atoms with E-state index in [1.807, 2.05) is 0 Å². The lowest BCUT2D eigenvalue weighted by Crippen LogP contribution is -2.52. The molecule has 1 N–H and O–H groups in total. The summed E-state index contributed by atoms with van der Waals surface area (Å²) in [5.41, 5.74) is -3.03. The van der Waals surface area contributed by atoms with Crippen molar-refractivity contribution < 1.29 is 35.9 Å². The average Bonchev–Trinajstić information content (AvgIpc) is 2.12. The van der Waals surface area contributed by atoms with E-state index in [0.29, 0.717) is 12.2 Å². The molecule has 1 atom stereocenters. The molecule has 3 nitrogen and oxygen atoms in total. The smallest absolute Gasteiger partial charge is 0.288 e. The van der Waals surface area contributed by atoms with E-state index in [-0.39, 0.29) is 0 Å². The summed E-state index contributed by atoms with van der Waals surface area (Å²) in [6.45, 7) is 1.40. The molecule has 0 aliphatic heterocycles. The molecular formula is C8H9F6NO2. The highest BCUT2D eigenvalue weighted by Crippen LogP contribution is 2.40. The molecule has 0 aliphatic carbocycles. The summed E-state index contributed by atoms with van der Waals surface area (Å²) in [5, 5.41) is 0.695. The molecule has 0 spiro atoms. The molecule has 0 fully saturated rings. The fraction of sp³-hybridized carbons (Fsp3) is 0.750. The third-order valence-electron chi connectivity index (χ3n) is 2.32. The molecule has 0 aromatic heterocycles. The molecule has 17 heavy (non-hydrogen) atoms. The third kappa shape index (κ3) is 3.34. The number of hydrogen-bond donors (Lipinski definition) is 1. The zero-order valence-corrected chi connectivity index (χ0v) is 8.79. The average molecular weight is 265 g/mol. The Labute approximate surface area is 92.2 Å². The minimum atomic E-state index is -5.41. The van der Waals surface area contributed by atoms with E-state index in [1.54, 1.807) is 0 Å². The van der Waals surface area contributed by atoms with Crippen molar-refractivity contribution in [3.05, 3.63) is 0 Å². The van der Waals surface area contributed by atoms with Crippen LogP contribution in [0.1, 0.15) is 20.3 Å². The summed E-state index contributed by atoms with van der Waals surface area (Å²) in [7, 11) is 0.